The third-order valence-electron chi connectivity index (χ3n) is 5.46. The standard InChI is InChI=1S/C26H19ClFN3O6/c1-2-37-23-13-16(12-22(27)20(23)10-15-5-3-6-17(28)9-15)11-21-24(32)29-26(34)30(25(21)33)18-7-4-8-19(14-18)31(35)36/h3-9,11-14H,2,10H2,1H3,(H,29,32,34)/b21-11+. The van der Waals surface area contributed by atoms with Gasteiger partial charge in [0.2, 0.25) is 0 Å². The number of imide groups is 2. The van der Waals surface area contributed by atoms with Crippen molar-refractivity contribution in [3.05, 3.63) is 104 Å². The lowest BCUT2D eigenvalue weighted by Crippen LogP contribution is -2.54. The number of nitro benzene ring substituents is 1. The first-order chi connectivity index (χ1) is 17.7. The summed E-state index contributed by atoms with van der Waals surface area (Å²) in [4.78, 5) is 49.3. The van der Waals surface area contributed by atoms with Crippen molar-refractivity contribution in [2.75, 3.05) is 11.5 Å². The zero-order valence-corrected chi connectivity index (χ0v) is 20.1. The highest BCUT2D eigenvalue weighted by Gasteiger charge is 2.37. The van der Waals surface area contributed by atoms with Crippen molar-refractivity contribution in [3.8, 4) is 5.75 Å². The minimum atomic E-state index is -1.04. The van der Waals surface area contributed by atoms with E-state index in [1.807, 2.05) is 0 Å². The summed E-state index contributed by atoms with van der Waals surface area (Å²) in [6.07, 6.45) is 1.52. The summed E-state index contributed by atoms with van der Waals surface area (Å²) in [5.74, 6) is -1.92. The molecule has 0 aliphatic carbocycles. The summed E-state index contributed by atoms with van der Waals surface area (Å²) in [7, 11) is 0. The van der Waals surface area contributed by atoms with Crippen LogP contribution in [0.25, 0.3) is 6.08 Å². The number of nitro groups is 1. The molecule has 4 amide bonds. The molecule has 0 aromatic heterocycles. The number of non-ortho nitro benzene ring substituents is 1. The fourth-order valence-electron chi connectivity index (χ4n) is 3.83. The number of carbonyl (C=O) groups excluding carboxylic acids is 3. The van der Waals surface area contributed by atoms with Crippen molar-refractivity contribution >= 4 is 46.9 Å². The van der Waals surface area contributed by atoms with Gasteiger partial charge in [0.15, 0.2) is 0 Å². The number of anilines is 1. The van der Waals surface area contributed by atoms with Gasteiger partial charge in [-0.15, -0.1) is 0 Å². The van der Waals surface area contributed by atoms with Crippen LogP contribution in [0.4, 0.5) is 20.6 Å². The molecule has 0 radical (unpaired) electrons. The summed E-state index contributed by atoms with van der Waals surface area (Å²) in [5.41, 5.74) is 0.799. The van der Waals surface area contributed by atoms with Gasteiger partial charge < -0.3 is 4.74 Å². The highest BCUT2D eigenvalue weighted by molar-refractivity contribution is 6.39. The molecule has 1 N–H and O–H groups in total. The van der Waals surface area contributed by atoms with E-state index >= 15 is 0 Å². The second-order valence-electron chi connectivity index (χ2n) is 7.95. The van der Waals surface area contributed by atoms with E-state index in [2.05, 4.69) is 5.32 Å². The Kier molecular flexibility index (Phi) is 7.30. The number of barbiturate groups is 1. The Morgan fingerprint density at radius 2 is 1.86 bits per heavy atom. The van der Waals surface area contributed by atoms with E-state index in [4.69, 9.17) is 16.3 Å². The van der Waals surface area contributed by atoms with Gasteiger partial charge >= 0.3 is 6.03 Å². The fourth-order valence-corrected chi connectivity index (χ4v) is 4.11. The number of nitrogens with zero attached hydrogens (tertiary/aromatic N) is 2. The molecular weight excluding hydrogens is 505 g/mol. The Hall–Kier alpha value is -4.57. The minimum absolute atomic E-state index is 0.0754. The average Bonchev–Trinajstić information content (AvgIpc) is 2.84. The maximum Gasteiger partial charge on any atom is 0.335 e. The van der Waals surface area contributed by atoms with E-state index in [0.29, 0.717) is 33.9 Å². The molecule has 0 atom stereocenters. The Morgan fingerprint density at radius 3 is 2.57 bits per heavy atom. The molecule has 1 saturated heterocycles. The van der Waals surface area contributed by atoms with Gasteiger partial charge in [-0.05, 0) is 54.5 Å². The smallest absolute Gasteiger partial charge is 0.335 e. The first-order valence-electron chi connectivity index (χ1n) is 11.0. The number of halogens is 2. The molecule has 1 fully saturated rings. The number of nitrogens with one attached hydrogen (secondary N) is 1. The highest BCUT2D eigenvalue weighted by Crippen LogP contribution is 2.33. The lowest BCUT2D eigenvalue weighted by molar-refractivity contribution is -0.384. The molecule has 0 spiro atoms. The second-order valence-corrected chi connectivity index (χ2v) is 8.36. The summed E-state index contributed by atoms with van der Waals surface area (Å²) >= 11 is 6.53. The number of rotatable bonds is 7. The van der Waals surface area contributed by atoms with Crippen LogP contribution in [0.15, 0.2) is 66.2 Å². The molecular formula is C26H19ClFN3O6. The van der Waals surface area contributed by atoms with Crippen LogP contribution < -0.4 is 15.0 Å². The maximum atomic E-state index is 13.7. The van der Waals surface area contributed by atoms with Crippen LogP contribution in [0.2, 0.25) is 5.02 Å². The van der Waals surface area contributed by atoms with Crippen LogP contribution >= 0.6 is 11.6 Å². The van der Waals surface area contributed by atoms with Gasteiger partial charge in [-0.25, -0.2) is 14.1 Å². The van der Waals surface area contributed by atoms with Gasteiger partial charge in [0.1, 0.15) is 17.1 Å². The number of hydrogen-bond donors (Lipinski definition) is 1. The highest BCUT2D eigenvalue weighted by atomic mass is 35.5. The largest absolute Gasteiger partial charge is 0.494 e. The van der Waals surface area contributed by atoms with E-state index in [9.17, 15) is 28.9 Å². The van der Waals surface area contributed by atoms with E-state index in [1.165, 1.54) is 42.5 Å². The Morgan fingerprint density at radius 1 is 1.11 bits per heavy atom. The number of hydrogen-bond acceptors (Lipinski definition) is 6. The van der Waals surface area contributed by atoms with Crippen LogP contribution in [-0.4, -0.2) is 29.4 Å². The lowest BCUT2D eigenvalue weighted by atomic mass is 10.00. The van der Waals surface area contributed by atoms with Crippen LogP contribution in [-0.2, 0) is 16.0 Å². The summed E-state index contributed by atoms with van der Waals surface area (Å²) < 4.78 is 19.4. The van der Waals surface area contributed by atoms with E-state index < -0.39 is 28.6 Å². The molecule has 3 aromatic carbocycles. The summed E-state index contributed by atoms with van der Waals surface area (Å²) in [6, 6.07) is 13.0. The molecule has 1 aliphatic rings. The van der Waals surface area contributed by atoms with E-state index in [1.54, 1.807) is 25.1 Å². The van der Waals surface area contributed by atoms with Crippen molar-refractivity contribution in [1.29, 1.82) is 0 Å². The molecule has 4 rings (SSSR count). The van der Waals surface area contributed by atoms with Gasteiger partial charge in [-0.2, -0.15) is 0 Å². The average molecular weight is 524 g/mol. The number of carbonyl (C=O) groups is 3. The summed E-state index contributed by atoms with van der Waals surface area (Å²) in [6.45, 7) is 2.06. The molecule has 1 aliphatic heterocycles. The molecule has 188 valence electrons. The molecule has 0 unspecified atom stereocenters. The van der Waals surface area contributed by atoms with Crippen molar-refractivity contribution in [2.45, 2.75) is 13.3 Å². The number of benzene rings is 3. The van der Waals surface area contributed by atoms with Crippen molar-refractivity contribution < 1.29 is 28.4 Å². The predicted octanol–water partition coefficient (Wildman–Crippen LogP) is 5.04. The van der Waals surface area contributed by atoms with Gasteiger partial charge in [0.05, 0.1) is 17.2 Å². The molecule has 37 heavy (non-hydrogen) atoms. The SMILES string of the molecule is CCOc1cc(/C=C2\C(=O)NC(=O)N(c3cccc([N+](=O)[O-])c3)C2=O)cc(Cl)c1Cc1cccc(F)c1. The predicted molar refractivity (Wildman–Crippen MR) is 134 cm³/mol. The van der Waals surface area contributed by atoms with E-state index in [-0.39, 0.29) is 28.4 Å². The van der Waals surface area contributed by atoms with Crippen LogP contribution in [0.1, 0.15) is 23.6 Å². The maximum absolute atomic E-state index is 13.7. The first kappa shape index (κ1) is 25.5. The number of amides is 4. The third-order valence-corrected chi connectivity index (χ3v) is 5.80. The Bertz CT molecular complexity index is 1470. The molecule has 0 bridgehead atoms. The number of urea groups is 1. The number of ether oxygens (including phenoxy) is 1. The topological polar surface area (TPSA) is 119 Å². The van der Waals surface area contributed by atoms with Crippen LogP contribution in [0.3, 0.4) is 0 Å². The third kappa shape index (κ3) is 5.49. The zero-order chi connectivity index (χ0) is 26.7. The van der Waals surface area contributed by atoms with Crippen molar-refractivity contribution in [2.24, 2.45) is 0 Å². The van der Waals surface area contributed by atoms with Gasteiger partial charge in [-0.3, -0.25) is 25.0 Å². The normalized spacial score (nSPS) is 14.6. The van der Waals surface area contributed by atoms with Gasteiger partial charge in [-0.1, -0.05) is 29.8 Å². The molecule has 0 saturated carbocycles. The van der Waals surface area contributed by atoms with Gasteiger partial charge in [0.25, 0.3) is 17.5 Å². The van der Waals surface area contributed by atoms with Gasteiger partial charge in [0, 0.05) is 29.1 Å². The van der Waals surface area contributed by atoms with E-state index in [0.717, 1.165) is 6.07 Å². The quantitative estimate of drug-likeness (QED) is 0.200. The van der Waals surface area contributed by atoms with Crippen molar-refractivity contribution in [3.63, 3.8) is 0 Å². The van der Waals surface area contributed by atoms with Crippen LogP contribution in [0, 0.1) is 15.9 Å². The Labute approximate surface area is 215 Å². The summed E-state index contributed by atoms with van der Waals surface area (Å²) in [5, 5.41) is 13.5. The second kappa shape index (κ2) is 10.6. The fraction of sp³-hybridized carbons (Fsp3) is 0.115. The first-order valence-corrected chi connectivity index (χ1v) is 11.4. The molecule has 1 heterocycles. The lowest BCUT2D eigenvalue weighted by Gasteiger charge is -2.26. The molecule has 3 aromatic rings. The monoisotopic (exact) mass is 523 g/mol. The van der Waals surface area contributed by atoms with Crippen molar-refractivity contribution in [1.82, 2.24) is 5.32 Å². The zero-order valence-electron chi connectivity index (χ0n) is 19.4. The molecule has 11 heteroatoms. The Balaban J connectivity index is 1.72. The molecule has 9 nitrogen and oxygen atoms in total. The minimum Gasteiger partial charge on any atom is -0.494 e. The van der Waals surface area contributed by atoms with Crippen LogP contribution in [0.5, 0.6) is 5.75 Å².